The number of nitrogens with one attached hydrogen (secondary N) is 1. The zero-order valence-corrected chi connectivity index (χ0v) is 24.2. The third-order valence-corrected chi connectivity index (χ3v) is 10.4. The van der Waals surface area contributed by atoms with Crippen molar-refractivity contribution in [3.63, 3.8) is 0 Å². The smallest absolute Gasteiger partial charge is 0.399 e. The molecule has 2 saturated heterocycles. The van der Waals surface area contributed by atoms with E-state index in [9.17, 15) is 17.6 Å². The number of alkyl halides is 2. The third-order valence-electron chi connectivity index (χ3n) is 8.47. The van der Waals surface area contributed by atoms with Crippen LogP contribution in [0.3, 0.4) is 0 Å². The summed E-state index contributed by atoms with van der Waals surface area (Å²) < 4.78 is 86.0. The quantitative estimate of drug-likeness (QED) is 0.467. The van der Waals surface area contributed by atoms with Gasteiger partial charge in [-0.3, -0.25) is 0 Å². The highest BCUT2D eigenvalue weighted by molar-refractivity contribution is 7.91. The molecule has 0 radical (unpaired) electrons. The van der Waals surface area contributed by atoms with Gasteiger partial charge < -0.3 is 14.1 Å². The standard InChI is InChI=1S/C28H34BF3N2O6S/c1-26(2)27(3,4)40-29(39-26)20-12-8-11-19(23(20)31)17-22-24(33-41(36,37)28(32)14-15-28)21(30)13-16-34(22)38-25(35)18-9-6-5-7-10-18/h5-12,21-22,24,33H,13-17H2,1-4H3/t21-,22-,24-/m0/s1. The number of benzene rings is 2. The summed E-state index contributed by atoms with van der Waals surface area (Å²) in [5, 5.41) is -1.32. The lowest BCUT2D eigenvalue weighted by Gasteiger charge is -2.41. The second-order valence-corrected chi connectivity index (χ2v) is 13.9. The average Bonchev–Trinajstić information content (AvgIpc) is 3.63. The molecule has 1 N–H and O–H groups in total. The first-order chi connectivity index (χ1) is 19.1. The van der Waals surface area contributed by atoms with E-state index in [2.05, 4.69) is 4.72 Å². The van der Waals surface area contributed by atoms with Crippen molar-refractivity contribution in [3.8, 4) is 0 Å². The van der Waals surface area contributed by atoms with Crippen molar-refractivity contribution in [1.29, 1.82) is 0 Å². The van der Waals surface area contributed by atoms with Gasteiger partial charge in [0.1, 0.15) is 12.0 Å². The Labute approximate surface area is 238 Å². The molecule has 8 nitrogen and oxygen atoms in total. The molecule has 2 aromatic carbocycles. The van der Waals surface area contributed by atoms with E-state index in [1.807, 2.05) is 27.7 Å². The minimum atomic E-state index is -4.56. The van der Waals surface area contributed by atoms with Crippen LogP contribution in [0.4, 0.5) is 13.2 Å². The Morgan fingerprint density at radius 3 is 2.32 bits per heavy atom. The summed E-state index contributed by atoms with van der Waals surface area (Å²) >= 11 is 0. The van der Waals surface area contributed by atoms with Crippen LogP contribution in [0, 0.1) is 5.82 Å². The summed E-state index contributed by atoms with van der Waals surface area (Å²) in [6.45, 7) is 7.27. The Kier molecular flexibility index (Phi) is 7.82. The van der Waals surface area contributed by atoms with Crippen LogP contribution in [-0.2, 0) is 30.6 Å². The fourth-order valence-corrected chi connectivity index (χ4v) is 6.54. The molecule has 0 aromatic heterocycles. The normalized spacial score (nSPS) is 27.0. The highest BCUT2D eigenvalue weighted by Crippen LogP contribution is 2.45. The van der Waals surface area contributed by atoms with Crippen molar-refractivity contribution in [2.24, 2.45) is 0 Å². The Balaban J connectivity index is 1.47. The van der Waals surface area contributed by atoms with Gasteiger partial charge in [0.2, 0.25) is 15.0 Å². The number of sulfonamides is 1. The zero-order chi connectivity index (χ0) is 29.8. The molecule has 5 rings (SSSR count). The molecule has 2 heterocycles. The number of hydrogen-bond acceptors (Lipinski definition) is 7. The topological polar surface area (TPSA) is 94.2 Å². The number of piperidine rings is 1. The van der Waals surface area contributed by atoms with Gasteiger partial charge in [-0.15, -0.1) is 5.06 Å². The third kappa shape index (κ3) is 5.79. The predicted molar refractivity (Wildman–Crippen MR) is 147 cm³/mol. The average molecular weight is 594 g/mol. The maximum absolute atomic E-state index is 16.0. The van der Waals surface area contributed by atoms with Gasteiger partial charge in [-0.2, -0.15) is 0 Å². The molecule has 13 heteroatoms. The Morgan fingerprint density at radius 2 is 1.71 bits per heavy atom. The first-order valence-electron chi connectivity index (χ1n) is 13.7. The summed E-state index contributed by atoms with van der Waals surface area (Å²) in [6, 6.07) is 9.97. The Hall–Kier alpha value is -2.45. The largest absolute Gasteiger partial charge is 0.497 e. The van der Waals surface area contributed by atoms with E-state index in [1.165, 1.54) is 24.3 Å². The SMILES string of the molecule is CC1(C)OB(c2cccc(C[C@H]3[C@@H](NS(=O)(=O)C4(F)CC4)[C@@H](F)CCN3OC(=O)c3ccccc3)c2F)OC1(C)C. The number of hydrogen-bond donors (Lipinski definition) is 1. The van der Waals surface area contributed by atoms with Crippen LogP contribution in [-0.4, -0.2) is 67.6 Å². The second kappa shape index (κ2) is 10.7. The lowest BCUT2D eigenvalue weighted by molar-refractivity contribution is -0.166. The van der Waals surface area contributed by atoms with Crippen molar-refractivity contribution in [2.75, 3.05) is 6.54 Å². The molecule has 1 aliphatic carbocycles. The molecule has 0 unspecified atom stereocenters. The second-order valence-electron chi connectivity index (χ2n) is 11.9. The number of carbonyl (C=O) groups is 1. The lowest BCUT2D eigenvalue weighted by atomic mass is 9.77. The molecular formula is C28H34BF3N2O6S. The molecule has 3 aliphatic rings. The van der Waals surface area contributed by atoms with Crippen molar-refractivity contribution < 1.29 is 40.5 Å². The van der Waals surface area contributed by atoms with Crippen LogP contribution in [0.5, 0.6) is 0 Å². The monoisotopic (exact) mass is 594 g/mol. The molecule has 0 spiro atoms. The molecule has 3 atom stereocenters. The number of carbonyl (C=O) groups excluding carboxylic acids is 1. The molecule has 222 valence electrons. The van der Waals surface area contributed by atoms with Crippen LogP contribution in [0.2, 0.25) is 0 Å². The zero-order valence-electron chi connectivity index (χ0n) is 23.4. The summed E-state index contributed by atoms with van der Waals surface area (Å²) in [5.74, 6) is -1.42. The van der Waals surface area contributed by atoms with Gasteiger partial charge >= 0.3 is 13.1 Å². The van der Waals surface area contributed by atoms with E-state index in [-0.39, 0.29) is 48.8 Å². The number of hydroxylamine groups is 2. The molecule has 2 aromatic rings. The Morgan fingerprint density at radius 1 is 1.07 bits per heavy atom. The molecular weight excluding hydrogens is 560 g/mol. The molecule has 1 saturated carbocycles. The highest BCUT2D eigenvalue weighted by atomic mass is 32.2. The van der Waals surface area contributed by atoms with Gasteiger partial charge in [-0.25, -0.2) is 31.1 Å². The van der Waals surface area contributed by atoms with Gasteiger partial charge in [0.05, 0.1) is 28.8 Å². The van der Waals surface area contributed by atoms with E-state index >= 15 is 8.78 Å². The van der Waals surface area contributed by atoms with Crippen molar-refractivity contribution in [1.82, 2.24) is 9.79 Å². The van der Waals surface area contributed by atoms with Crippen LogP contribution in [0.15, 0.2) is 48.5 Å². The fraction of sp³-hybridized carbons (Fsp3) is 0.536. The van der Waals surface area contributed by atoms with Gasteiger partial charge in [-0.05, 0) is 58.2 Å². The van der Waals surface area contributed by atoms with E-state index in [1.54, 1.807) is 24.3 Å². The van der Waals surface area contributed by atoms with Crippen LogP contribution in [0.25, 0.3) is 0 Å². The van der Waals surface area contributed by atoms with Crippen LogP contribution in [0.1, 0.15) is 62.9 Å². The van der Waals surface area contributed by atoms with E-state index in [0.717, 1.165) is 5.06 Å². The number of rotatable bonds is 8. The molecule has 41 heavy (non-hydrogen) atoms. The van der Waals surface area contributed by atoms with Gasteiger partial charge in [0.25, 0.3) is 0 Å². The predicted octanol–water partition coefficient (Wildman–Crippen LogP) is 3.60. The first-order valence-corrected chi connectivity index (χ1v) is 15.1. The summed E-state index contributed by atoms with van der Waals surface area (Å²) in [7, 11) is -5.57. The molecule has 3 fully saturated rings. The minimum absolute atomic E-state index is 0.0814. The minimum Gasteiger partial charge on any atom is -0.399 e. The van der Waals surface area contributed by atoms with Crippen molar-refractivity contribution in [2.45, 2.75) is 87.8 Å². The summed E-state index contributed by atoms with van der Waals surface area (Å²) in [6.07, 6.45) is -2.59. The van der Waals surface area contributed by atoms with Gasteiger partial charge in [0, 0.05) is 24.8 Å². The van der Waals surface area contributed by atoms with Crippen molar-refractivity contribution >= 4 is 28.6 Å². The maximum atomic E-state index is 16.0. The van der Waals surface area contributed by atoms with E-state index in [4.69, 9.17) is 14.1 Å². The van der Waals surface area contributed by atoms with E-state index < -0.39 is 63.4 Å². The molecule has 2 aliphatic heterocycles. The summed E-state index contributed by atoms with van der Waals surface area (Å²) in [4.78, 5) is 18.5. The van der Waals surface area contributed by atoms with Crippen LogP contribution < -0.4 is 10.2 Å². The number of halogens is 3. The Bertz CT molecular complexity index is 1390. The van der Waals surface area contributed by atoms with E-state index in [0.29, 0.717) is 0 Å². The molecule has 0 amide bonds. The highest BCUT2D eigenvalue weighted by Gasteiger charge is 2.58. The van der Waals surface area contributed by atoms with Gasteiger partial charge in [-0.1, -0.05) is 36.4 Å². The number of nitrogens with zero attached hydrogens (tertiary/aromatic N) is 1. The van der Waals surface area contributed by atoms with Gasteiger partial charge in [0.15, 0.2) is 0 Å². The lowest BCUT2D eigenvalue weighted by Crippen LogP contribution is -2.62. The summed E-state index contributed by atoms with van der Waals surface area (Å²) in [5.41, 5.74) is -0.994. The first kappa shape index (κ1) is 30.0. The maximum Gasteiger partial charge on any atom is 0.497 e. The molecule has 0 bridgehead atoms. The van der Waals surface area contributed by atoms with Crippen LogP contribution >= 0.6 is 0 Å². The fourth-order valence-electron chi connectivity index (χ4n) is 5.03. The van der Waals surface area contributed by atoms with Crippen molar-refractivity contribution in [3.05, 3.63) is 65.5 Å².